The van der Waals surface area contributed by atoms with Crippen molar-refractivity contribution in [2.45, 2.75) is 33.4 Å². The summed E-state index contributed by atoms with van der Waals surface area (Å²) >= 11 is 0. The van der Waals surface area contributed by atoms with Crippen LogP contribution in [0.5, 0.6) is 11.5 Å². The molecule has 1 aliphatic rings. The van der Waals surface area contributed by atoms with E-state index in [9.17, 15) is 9.59 Å². The van der Waals surface area contributed by atoms with Gasteiger partial charge in [-0.05, 0) is 18.9 Å². The van der Waals surface area contributed by atoms with Crippen LogP contribution in [0.2, 0.25) is 0 Å². The summed E-state index contributed by atoms with van der Waals surface area (Å²) in [6.45, 7) is 6.73. The van der Waals surface area contributed by atoms with Crippen LogP contribution in [0, 0.1) is 5.92 Å². The minimum absolute atomic E-state index is 0.0632. The lowest BCUT2D eigenvalue weighted by molar-refractivity contribution is -0.134. The van der Waals surface area contributed by atoms with Gasteiger partial charge in [-0.15, -0.1) is 0 Å². The van der Waals surface area contributed by atoms with Crippen LogP contribution >= 0.6 is 0 Å². The molecule has 0 aliphatic carbocycles. The minimum Gasteiger partial charge on any atom is -0.454 e. The van der Waals surface area contributed by atoms with E-state index in [1.807, 2.05) is 39.0 Å². The van der Waals surface area contributed by atoms with Gasteiger partial charge in [-0.2, -0.15) is 0 Å². The van der Waals surface area contributed by atoms with E-state index in [1.165, 1.54) is 7.11 Å². The van der Waals surface area contributed by atoms with Crippen molar-refractivity contribution in [2.75, 3.05) is 20.4 Å². The molecule has 1 aromatic carbocycles. The van der Waals surface area contributed by atoms with E-state index < -0.39 is 12.1 Å². The molecule has 2 rings (SSSR count). The van der Waals surface area contributed by atoms with E-state index in [1.54, 1.807) is 4.90 Å². The predicted octanol–water partition coefficient (Wildman–Crippen LogP) is 2.14. The van der Waals surface area contributed by atoms with Gasteiger partial charge in [0.25, 0.3) is 0 Å². The highest BCUT2D eigenvalue weighted by molar-refractivity contribution is 5.86. The quantitative estimate of drug-likeness (QED) is 0.861. The van der Waals surface area contributed by atoms with E-state index in [-0.39, 0.29) is 18.6 Å². The molecule has 7 nitrogen and oxygen atoms in total. The molecule has 0 spiro atoms. The first-order valence-corrected chi connectivity index (χ1v) is 7.98. The Balaban J connectivity index is 2.16. The molecule has 1 heterocycles. The van der Waals surface area contributed by atoms with E-state index in [2.05, 4.69) is 10.1 Å². The number of nitrogens with one attached hydrogen (secondary N) is 1. The van der Waals surface area contributed by atoms with Crippen molar-refractivity contribution < 1.29 is 23.8 Å². The number of benzene rings is 1. The zero-order chi connectivity index (χ0) is 17.7. The van der Waals surface area contributed by atoms with Gasteiger partial charge >= 0.3 is 6.09 Å². The number of hydrogen-bond acceptors (Lipinski definition) is 5. The van der Waals surface area contributed by atoms with Gasteiger partial charge in [-0.1, -0.05) is 26.0 Å². The number of hydrogen-bond donors (Lipinski definition) is 1. The Morgan fingerprint density at radius 2 is 2.08 bits per heavy atom. The van der Waals surface area contributed by atoms with Crippen molar-refractivity contribution in [2.24, 2.45) is 5.92 Å². The molecule has 0 aromatic heterocycles. The summed E-state index contributed by atoms with van der Waals surface area (Å²) in [5, 5.41) is 2.61. The second kappa shape index (κ2) is 7.90. The standard InChI is InChI=1S/C17H24N2O5/c1-5-19(16(20)14(11(2)3)18-17(21)22-4)9-12-7-6-8-13-15(12)24-10-23-13/h6-8,11,14H,5,9-10H2,1-4H3,(H,18,21)/t14-/m1/s1. The minimum atomic E-state index is -0.647. The number of ether oxygens (including phenoxy) is 3. The first-order chi connectivity index (χ1) is 11.5. The lowest BCUT2D eigenvalue weighted by atomic mass is 10.0. The zero-order valence-electron chi connectivity index (χ0n) is 14.5. The predicted molar refractivity (Wildman–Crippen MR) is 87.8 cm³/mol. The Labute approximate surface area is 141 Å². The topological polar surface area (TPSA) is 77.1 Å². The molecule has 0 saturated carbocycles. The van der Waals surface area contributed by atoms with Crippen molar-refractivity contribution in [1.82, 2.24) is 10.2 Å². The molecule has 1 aliphatic heterocycles. The number of methoxy groups -OCH3 is 1. The molecular formula is C17H24N2O5. The molecule has 0 bridgehead atoms. The number of amides is 2. The van der Waals surface area contributed by atoms with E-state index in [0.717, 1.165) is 5.56 Å². The van der Waals surface area contributed by atoms with Crippen LogP contribution in [0.1, 0.15) is 26.3 Å². The molecule has 132 valence electrons. The molecular weight excluding hydrogens is 312 g/mol. The Kier molecular flexibility index (Phi) is 5.89. The maximum absolute atomic E-state index is 12.9. The molecule has 2 amide bonds. The molecule has 1 atom stereocenters. The van der Waals surface area contributed by atoms with Crippen LogP contribution in [-0.2, 0) is 16.1 Å². The molecule has 0 saturated heterocycles. The number of alkyl carbamates (subject to hydrolysis) is 1. The van der Waals surface area contributed by atoms with Gasteiger partial charge in [0.05, 0.1) is 7.11 Å². The summed E-state index contributed by atoms with van der Waals surface area (Å²) in [4.78, 5) is 26.0. The monoisotopic (exact) mass is 336 g/mol. The fourth-order valence-electron chi connectivity index (χ4n) is 2.56. The highest BCUT2D eigenvalue weighted by atomic mass is 16.7. The molecule has 0 radical (unpaired) electrons. The van der Waals surface area contributed by atoms with Gasteiger partial charge in [-0.3, -0.25) is 4.79 Å². The Bertz CT molecular complexity index is 603. The highest BCUT2D eigenvalue weighted by Crippen LogP contribution is 2.36. The lowest BCUT2D eigenvalue weighted by Crippen LogP contribution is -2.51. The second-order valence-electron chi connectivity index (χ2n) is 5.86. The summed E-state index contributed by atoms with van der Waals surface area (Å²) in [6, 6.07) is 4.96. The van der Waals surface area contributed by atoms with Crippen molar-refractivity contribution in [3.63, 3.8) is 0 Å². The number of likely N-dealkylation sites (N-methyl/N-ethyl adjacent to an activating group) is 1. The fraction of sp³-hybridized carbons (Fsp3) is 0.529. The largest absolute Gasteiger partial charge is 0.454 e. The first kappa shape index (κ1) is 17.9. The summed E-state index contributed by atoms with van der Waals surface area (Å²) < 4.78 is 15.5. The third kappa shape index (κ3) is 3.90. The number of carbonyl (C=O) groups excluding carboxylic acids is 2. The SMILES string of the molecule is CCN(Cc1cccc2c1OCO2)C(=O)[C@H](NC(=O)OC)C(C)C. The summed E-state index contributed by atoms with van der Waals surface area (Å²) in [6.07, 6.45) is -0.615. The summed E-state index contributed by atoms with van der Waals surface area (Å²) in [7, 11) is 1.28. The Hall–Kier alpha value is -2.44. The third-order valence-corrected chi connectivity index (χ3v) is 3.92. The van der Waals surface area contributed by atoms with Gasteiger partial charge in [0.1, 0.15) is 6.04 Å². The van der Waals surface area contributed by atoms with E-state index in [0.29, 0.717) is 24.6 Å². The Morgan fingerprint density at radius 1 is 1.33 bits per heavy atom. The van der Waals surface area contributed by atoms with Crippen LogP contribution in [-0.4, -0.2) is 43.4 Å². The number of rotatable bonds is 6. The van der Waals surface area contributed by atoms with Gasteiger partial charge < -0.3 is 24.4 Å². The molecule has 7 heteroatoms. The molecule has 0 fully saturated rings. The fourth-order valence-corrected chi connectivity index (χ4v) is 2.56. The molecule has 1 N–H and O–H groups in total. The number of carbonyl (C=O) groups is 2. The summed E-state index contributed by atoms with van der Waals surface area (Å²) in [5.74, 6) is 1.14. The van der Waals surface area contributed by atoms with Gasteiger partial charge in [0.2, 0.25) is 12.7 Å². The number of fused-ring (bicyclic) bond motifs is 1. The number of nitrogens with zero attached hydrogens (tertiary/aromatic N) is 1. The highest BCUT2D eigenvalue weighted by Gasteiger charge is 2.29. The van der Waals surface area contributed by atoms with Gasteiger partial charge in [0, 0.05) is 18.7 Å². The van der Waals surface area contributed by atoms with Gasteiger partial charge in [0.15, 0.2) is 11.5 Å². The second-order valence-corrected chi connectivity index (χ2v) is 5.86. The van der Waals surface area contributed by atoms with Crippen LogP contribution in [0.4, 0.5) is 4.79 Å². The van der Waals surface area contributed by atoms with E-state index >= 15 is 0 Å². The smallest absolute Gasteiger partial charge is 0.407 e. The maximum atomic E-state index is 12.9. The normalized spacial score (nSPS) is 13.5. The first-order valence-electron chi connectivity index (χ1n) is 7.98. The number of para-hydroxylation sites is 1. The van der Waals surface area contributed by atoms with Gasteiger partial charge in [-0.25, -0.2) is 4.79 Å². The van der Waals surface area contributed by atoms with Crippen molar-refractivity contribution >= 4 is 12.0 Å². The molecule has 1 aromatic rings. The third-order valence-electron chi connectivity index (χ3n) is 3.92. The van der Waals surface area contributed by atoms with Crippen LogP contribution in [0.25, 0.3) is 0 Å². The average molecular weight is 336 g/mol. The van der Waals surface area contributed by atoms with Crippen LogP contribution in [0.15, 0.2) is 18.2 Å². The van der Waals surface area contributed by atoms with Crippen molar-refractivity contribution in [1.29, 1.82) is 0 Å². The molecule has 0 unspecified atom stereocenters. The zero-order valence-corrected chi connectivity index (χ0v) is 14.5. The Morgan fingerprint density at radius 3 is 2.71 bits per heavy atom. The lowest BCUT2D eigenvalue weighted by Gasteiger charge is -2.29. The van der Waals surface area contributed by atoms with E-state index in [4.69, 9.17) is 9.47 Å². The van der Waals surface area contributed by atoms with Crippen LogP contribution < -0.4 is 14.8 Å². The maximum Gasteiger partial charge on any atom is 0.407 e. The van der Waals surface area contributed by atoms with Crippen molar-refractivity contribution in [3.05, 3.63) is 23.8 Å². The average Bonchev–Trinajstić information content (AvgIpc) is 3.05. The van der Waals surface area contributed by atoms with Crippen LogP contribution in [0.3, 0.4) is 0 Å². The van der Waals surface area contributed by atoms with Crippen molar-refractivity contribution in [3.8, 4) is 11.5 Å². The molecule has 24 heavy (non-hydrogen) atoms. The summed E-state index contributed by atoms with van der Waals surface area (Å²) in [5.41, 5.74) is 0.876.